The van der Waals surface area contributed by atoms with Crippen LogP contribution >= 0.6 is 24.0 Å². The molecule has 2 amide bonds. The third-order valence-electron chi connectivity index (χ3n) is 3.20. The second kappa shape index (κ2) is 12.3. The molecule has 0 aliphatic carbocycles. The number of alkyl carbamates (subject to hydrolysis) is 1. The van der Waals surface area contributed by atoms with Gasteiger partial charge in [-0.25, -0.2) is 4.79 Å². The van der Waals surface area contributed by atoms with Gasteiger partial charge in [0.05, 0.1) is 12.1 Å². The molecular weight excluding hydrogens is 473 g/mol. The second-order valence-corrected chi connectivity index (χ2v) is 9.14. The van der Waals surface area contributed by atoms with Crippen LogP contribution in [0.1, 0.15) is 62.3 Å². The van der Waals surface area contributed by atoms with Crippen molar-refractivity contribution >= 4 is 41.9 Å². The molecule has 0 aromatic heterocycles. The third-order valence-corrected chi connectivity index (χ3v) is 3.20. The van der Waals surface area contributed by atoms with E-state index < -0.39 is 22.6 Å². The summed E-state index contributed by atoms with van der Waals surface area (Å²) in [6.07, 6.45) is -0.467. The Kier molecular flexibility index (Phi) is 12.8. The lowest BCUT2D eigenvalue weighted by Gasteiger charge is -2.27. The fourth-order valence-electron chi connectivity index (χ4n) is 1.86. The van der Waals surface area contributed by atoms with Crippen molar-refractivity contribution in [1.29, 1.82) is 0 Å². The summed E-state index contributed by atoms with van der Waals surface area (Å²) in [6, 6.07) is 0. The highest BCUT2D eigenvalue weighted by Crippen LogP contribution is 2.12. The molecule has 0 bridgehead atoms. The first-order valence-electron chi connectivity index (χ1n) is 9.48. The molecule has 9 heteroatoms. The van der Waals surface area contributed by atoms with Gasteiger partial charge in [-0.1, -0.05) is 20.8 Å². The van der Waals surface area contributed by atoms with Crippen LogP contribution in [-0.4, -0.2) is 55.3 Å². The highest BCUT2D eigenvalue weighted by molar-refractivity contribution is 14.0. The van der Waals surface area contributed by atoms with Gasteiger partial charge in [0.25, 0.3) is 0 Å². The summed E-state index contributed by atoms with van der Waals surface area (Å²) in [7, 11) is 0. The average Bonchev–Trinajstić information content (AvgIpc) is 2.45. The van der Waals surface area contributed by atoms with Crippen LogP contribution < -0.4 is 21.3 Å². The van der Waals surface area contributed by atoms with Crippen molar-refractivity contribution in [2.24, 2.45) is 10.4 Å². The normalized spacial score (nSPS) is 12.5. The van der Waals surface area contributed by atoms with Crippen LogP contribution in [0.2, 0.25) is 0 Å². The lowest BCUT2D eigenvalue weighted by molar-refractivity contribution is -0.128. The minimum absolute atomic E-state index is 0. The maximum absolute atomic E-state index is 11.9. The number of aliphatic imine (C=N–C) groups is 1. The Morgan fingerprint density at radius 1 is 0.893 bits per heavy atom. The number of carbonyl (C=O) groups is 2. The Hall–Kier alpha value is -1.26. The minimum Gasteiger partial charge on any atom is -0.444 e. The predicted octanol–water partition coefficient (Wildman–Crippen LogP) is 2.63. The number of nitrogens with one attached hydrogen (secondary N) is 4. The monoisotopic (exact) mass is 513 g/mol. The Morgan fingerprint density at radius 3 is 1.89 bits per heavy atom. The molecular formula is C19H40IN5O3. The molecule has 0 saturated heterocycles. The summed E-state index contributed by atoms with van der Waals surface area (Å²) in [5, 5.41) is 12.0. The van der Waals surface area contributed by atoms with Gasteiger partial charge in [-0.3, -0.25) is 9.79 Å². The first-order chi connectivity index (χ1) is 12.2. The molecule has 8 nitrogen and oxygen atoms in total. The van der Waals surface area contributed by atoms with Crippen LogP contribution in [0.4, 0.5) is 4.79 Å². The Morgan fingerprint density at radius 2 is 1.43 bits per heavy atom. The number of guanidine groups is 1. The number of amides is 2. The molecule has 0 aromatic rings. The number of nitrogens with zero attached hydrogens (tertiary/aromatic N) is 1. The standard InChI is InChI=1S/C19H39N5O3.HI/c1-10-20-15(22-12-11-21-14(25)17(2,3)4)23-13-19(8,9)24-16(26)27-18(5,6)7;/h10-13H2,1-9H3,(H,21,25)(H,24,26)(H2,20,22,23);1H. The molecule has 0 aliphatic rings. The number of hydrogen-bond donors (Lipinski definition) is 4. The van der Waals surface area contributed by atoms with Gasteiger partial charge in [0, 0.05) is 25.0 Å². The smallest absolute Gasteiger partial charge is 0.408 e. The van der Waals surface area contributed by atoms with Crippen LogP contribution in [0.25, 0.3) is 0 Å². The minimum atomic E-state index is -0.564. The molecule has 0 unspecified atom stereocenters. The van der Waals surface area contributed by atoms with E-state index >= 15 is 0 Å². The zero-order valence-electron chi connectivity index (χ0n) is 18.9. The Bertz CT molecular complexity index is 523. The maximum atomic E-state index is 11.9. The summed E-state index contributed by atoms with van der Waals surface area (Å²) < 4.78 is 5.29. The second-order valence-electron chi connectivity index (χ2n) is 9.14. The van der Waals surface area contributed by atoms with Crippen LogP contribution in [0.3, 0.4) is 0 Å². The first-order valence-corrected chi connectivity index (χ1v) is 9.48. The number of carbonyl (C=O) groups excluding carboxylic acids is 2. The van der Waals surface area contributed by atoms with Crippen LogP contribution in [0.15, 0.2) is 4.99 Å². The molecule has 0 heterocycles. The third kappa shape index (κ3) is 14.8. The summed E-state index contributed by atoms with van der Waals surface area (Å²) in [6.45, 7) is 19.0. The van der Waals surface area contributed by atoms with E-state index in [9.17, 15) is 9.59 Å². The van der Waals surface area contributed by atoms with E-state index in [4.69, 9.17) is 4.74 Å². The van der Waals surface area contributed by atoms with E-state index in [-0.39, 0.29) is 29.9 Å². The predicted molar refractivity (Wildman–Crippen MR) is 125 cm³/mol. The van der Waals surface area contributed by atoms with Crippen LogP contribution in [0, 0.1) is 5.41 Å². The maximum Gasteiger partial charge on any atom is 0.408 e. The van der Waals surface area contributed by atoms with Crippen molar-refractivity contribution in [3.05, 3.63) is 0 Å². The van der Waals surface area contributed by atoms with E-state index in [1.807, 2.05) is 62.3 Å². The largest absolute Gasteiger partial charge is 0.444 e. The molecule has 166 valence electrons. The van der Waals surface area contributed by atoms with Gasteiger partial charge in [-0.2, -0.15) is 0 Å². The molecule has 0 aromatic carbocycles. The summed E-state index contributed by atoms with van der Waals surface area (Å²) in [4.78, 5) is 28.3. The zero-order chi connectivity index (χ0) is 21.3. The molecule has 0 atom stereocenters. The molecule has 0 radical (unpaired) electrons. The van der Waals surface area contributed by atoms with Crippen LogP contribution in [-0.2, 0) is 9.53 Å². The van der Waals surface area contributed by atoms with Gasteiger partial charge in [0.2, 0.25) is 5.91 Å². The molecule has 0 rings (SSSR count). The lowest BCUT2D eigenvalue weighted by atomic mass is 9.96. The molecule has 0 saturated carbocycles. The van der Waals surface area contributed by atoms with Crippen molar-refractivity contribution < 1.29 is 14.3 Å². The van der Waals surface area contributed by atoms with Crippen molar-refractivity contribution in [3.63, 3.8) is 0 Å². The van der Waals surface area contributed by atoms with E-state index in [1.165, 1.54) is 0 Å². The summed E-state index contributed by atoms with van der Waals surface area (Å²) >= 11 is 0. The zero-order valence-corrected chi connectivity index (χ0v) is 21.2. The van der Waals surface area contributed by atoms with Crippen molar-refractivity contribution in [2.45, 2.75) is 73.5 Å². The van der Waals surface area contributed by atoms with Gasteiger partial charge in [-0.05, 0) is 41.5 Å². The molecule has 4 N–H and O–H groups in total. The van der Waals surface area contributed by atoms with Gasteiger partial charge in [0.15, 0.2) is 5.96 Å². The summed E-state index contributed by atoms with van der Waals surface area (Å²) in [5.41, 5.74) is -1.52. The van der Waals surface area contributed by atoms with Gasteiger partial charge in [0.1, 0.15) is 5.60 Å². The quantitative estimate of drug-likeness (QED) is 0.181. The van der Waals surface area contributed by atoms with Crippen LogP contribution in [0.5, 0.6) is 0 Å². The highest BCUT2D eigenvalue weighted by Gasteiger charge is 2.24. The number of halogens is 1. The highest BCUT2D eigenvalue weighted by atomic mass is 127. The molecule has 0 aliphatic heterocycles. The number of hydrogen-bond acceptors (Lipinski definition) is 4. The average molecular weight is 513 g/mol. The fourth-order valence-corrected chi connectivity index (χ4v) is 1.86. The fraction of sp³-hybridized carbons (Fsp3) is 0.842. The first kappa shape index (κ1) is 28.9. The molecule has 0 fully saturated rings. The summed E-state index contributed by atoms with van der Waals surface area (Å²) in [5.74, 6) is 0.635. The molecule has 28 heavy (non-hydrogen) atoms. The van der Waals surface area contributed by atoms with Crippen molar-refractivity contribution in [3.8, 4) is 0 Å². The van der Waals surface area contributed by atoms with Crippen molar-refractivity contribution in [2.75, 3.05) is 26.2 Å². The van der Waals surface area contributed by atoms with E-state index in [0.29, 0.717) is 32.1 Å². The topological polar surface area (TPSA) is 104 Å². The van der Waals surface area contributed by atoms with Gasteiger partial charge < -0.3 is 26.0 Å². The van der Waals surface area contributed by atoms with E-state index in [0.717, 1.165) is 0 Å². The molecule has 0 spiro atoms. The number of rotatable bonds is 7. The van der Waals surface area contributed by atoms with E-state index in [1.54, 1.807) is 0 Å². The van der Waals surface area contributed by atoms with Gasteiger partial charge in [-0.15, -0.1) is 24.0 Å². The Labute approximate surface area is 187 Å². The van der Waals surface area contributed by atoms with Gasteiger partial charge >= 0.3 is 6.09 Å². The lowest BCUT2D eigenvalue weighted by Crippen LogP contribution is -2.49. The van der Waals surface area contributed by atoms with E-state index in [2.05, 4.69) is 26.3 Å². The Balaban J connectivity index is 0. The van der Waals surface area contributed by atoms with Crippen molar-refractivity contribution in [1.82, 2.24) is 21.3 Å². The SMILES string of the molecule is CCNC(=NCC(C)(C)NC(=O)OC(C)(C)C)NCCNC(=O)C(C)(C)C.I. The number of ether oxygens (including phenoxy) is 1.